The zero-order valence-electron chi connectivity index (χ0n) is 12.1. The van der Waals surface area contributed by atoms with Crippen molar-refractivity contribution in [3.05, 3.63) is 48.7 Å². The van der Waals surface area contributed by atoms with Gasteiger partial charge >= 0.3 is 6.09 Å². The lowest BCUT2D eigenvalue weighted by atomic mass is 10.2. The van der Waals surface area contributed by atoms with Crippen LogP contribution in [0.2, 0.25) is 0 Å². The maximum Gasteiger partial charge on any atom is 0.415 e. The summed E-state index contributed by atoms with van der Waals surface area (Å²) in [6.45, 7) is 2.29. The van der Waals surface area contributed by atoms with Crippen LogP contribution in [0.4, 0.5) is 4.79 Å². The third-order valence-corrected chi connectivity index (χ3v) is 3.93. The number of para-hydroxylation sites is 1. The lowest BCUT2D eigenvalue weighted by Gasteiger charge is -2.25. The van der Waals surface area contributed by atoms with Gasteiger partial charge in [0.2, 0.25) is 0 Å². The molecule has 4 rings (SSSR count). The van der Waals surface area contributed by atoms with Gasteiger partial charge in [0.15, 0.2) is 0 Å². The monoisotopic (exact) mass is 296 g/mol. The Morgan fingerprint density at radius 1 is 1.09 bits per heavy atom. The molecule has 5 nitrogen and oxygen atoms in total. The van der Waals surface area contributed by atoms with Gasteiger partial charge in [0.05, 0.1) is 24.9 Å². The van der Waals surface area contributed by atoms with E-state index in [0.717, 1.165) is 11.0 Å². The van der Waals surface area contributed by atoms with E-state index in [2.05, 4.69) is 18.2 Å². The number of amides is 1. The van der Waals surface area contributed by atoms with Crippen LogP contribution in [0.5, 0.6) is 5.75 Å². The molecule has 1 amide bonds. The number of hydrogen-bond donors (Lipinski definition) is 0. The predicted molar refractivity (Wildman–Crippen MR) is 83.3 cm³/mol. The summed E-state index contributed by atoms with van der Waals surface area (Å²) in [6.07, 6.45) is 1.54. The molecule has 3 heterocycles. The number of nitrogens with zero attached hydrogens (tertiary/aromatic N) is 2. The van der Waals surface area contributed by atoms with Crippen molar-refractivity contribution in [1.82, 2.24) is 9.30 Å². The van der Waals surface area contributed by atoms with E-state index >= 15 is 0 Å². The van der Waals surface area contributed by atoms with Crippen molar-refractivity contribution in [1.29, 1.82) is 0 Å². The zero-order chi connectivity index (χ0) is 14.9. The van der Waals surface area contributed by atoms with Crippen molar-refractivity contribution in [2.45, 2.75) is 0 Å². The minimum atomic E-state index is -0.320. The predicted octanol–water partition coefficient (Wildman–Crippen LogP) is 2.92. The molecule has 1 fully saturated rings. The van der Waals surface area contributed by atoms with Crippen LogP contribution in [0.3, 0.4) is 0 Å². The summed E-state index contributed by atoms with van der Waals surface area (Å²) < 4.78 is 12.8. The van der Waals surface area contributed by atoms with Crippen LogP contribution in [-0.2, 0) is 4.74 Å². The first-order valence-corrected chi connectivity index (χ1v) is 7.36. The number of carbonyl (C=O) groups excluding carboxylic acids is 1. The van der Waals surface area contributed by atoms with E-state index in [-0.39, 0.29) is 6.09 Å². The normalized spacial score (nSPS) is 15.4. The van der Waals surface area contributed by atoms with E-state index in [1.807, 2.05) is 34.9 Å². The summed E-state index contributed by atoms with van der Waals surface area (Å²) in [6, 6.07) is 14.0. The van der Waals surface area contributed by atoms with Gasteiger partial charge < -0.3 is 18.8 Å². The minimum absolute atomic E-state index is 0.320. The molecule has 1 aromatic carbocycles. The van der Waals surface area contributed by atoms with Gasteiger partial charge in [-0.3, -0.25) is 0 Å². The lowest BCUT2D eigenvalue weighted by molar-refractivity contribution is 0.0415. The Balaban J connectivity index is 1.64. The average molecular weight is 296 g/mol. The van der Waals surface area contributed by atoms with Gasteiger partial charge in [-0.15, -0.1) is 0 Å². The third-order valence-electron chi connectivity index (χ3n) is 3.93. The number of ether oxygens (including phenoxy) is 2. The van der Waals surface area contributed by atoms with Gasteiger partial charge in [-0.2, -0.15) is 0 Å². The van der Waals surface area contributed by atoms with E-state index < -0.39 is 0 Å². The molecule has 0 saturated carbocycles. The third kappa shape index (κ3) is 2.29. The molecule has 0 bridgehead atoms. The number of morpholine rings is 1. The molecule has 0 atom stereocenters. The minimum Gasteiger partial charge on any atom is -0.409 e. The number of fused-ring (bicyclic) bond motifs is 3. The van der Waals surface area contributed by atoms with Crippen molar-refractivity contribution >= 4 is 22.5 Å². The molecule has 0 radical (unpaired) electrons. The topological polar surface area (TPSA) is 43.2 Å². The Kier molecular flexibility index (Phi) is 3.20. The Morgan fingerprint density at radius 2 is 1.91 bits per heavy atom. The molecule has 5 heteroatoms. The quantitative estimate of drug-likeness (QED) is 0.693. The van der Waals surface area contributed by atoms with Crippen LogP contribution in [0.25, 0.3) is 16.4 Å². The van der Waals surface area contributed by atoms with E-state index in [0.29, 0.717) is 32.1 Å². The highest BCUT2D eigenvalue weighted by Gasteiger charge is 2.18. The fourth-order valence-corrected chi connectivity index (χ4v) is 2.78. The van der Waals surface area contributed by atoms with Crippen LogP contribution in [-0.4, -0.2) is 41.7 Å². The van der Waals surface area contributed by atoms with E-state index in [1.54, 1.807) is 4.90 Å². The molecule has 0 aliphatic carbocycles. The molecule has 1 aliphatic rings. The molecule has 3 aromatic rings. The molecule has 0 spiro atoms. The second-order valence-corrected chi connectivity index (χ2v) is 5.33. The Labute approximate surface area is 127 Å². The number of carbonyl (C=O) groups is 1. The molecular formula is C17H16N2O3. The number of benzene rings is 1. The van der Waals surface area contributed by atoms with Crippen LogP contribution in [0.1, 0.15) is 0 Å². The van der Waals surface area contributed by atoms with Crippen molar-refractivity contribution < 1.29 is 14.3 Å². The summed E-state index contributed by atoms with van der Waals surface area (Å²) in [5.74, 6) is 0.547. The van der Waals surface area contributed by atoms with Crippen LogP contribution >= 0.6 is 0 Å². The fourth-order valence-electron chi connectivity index (χ4n) is 2.78. The molecule has 0 unspecified atom stereocenters. The van der Waals surface area contributed by atoms with Gasteiger partial charge in [0.25, 0.3) is 0 Å². The van der Waals surface area contributed by atoms with Gasteiger partial charge in [-0.25, -0.2) is 4.79 Å². The van der Waals surface area contributed by atoms with Gasteiger partial charge in [-0.05, 0) is 24.3 Å². The highest BCUT2D eigenvalue weighted by Crippen LogP contribution is 2.23. The summed E-state index contributed by atoms with van der Waals surface area (Å²) in [5, 5.41) is 1.17. The SMILES string of the molecule is O=C(Oc1ccc2cc3ccccc3n2c1)N1CCOCC1. The highest BCUT2D eigenvalue weighted by atomic mass is 16.6. The number of aromatic nitrogens is 1. The average Bonchev–Trinajstić information content (AvgIpc) is 2.94. The molecule has 0 N–H and O–H groups in total. The summed E-state index contributed by atoms with van der Waals surface area (Å²) in [4.78, 5) is 13.8. The van der Waals surface area contributed by atoms with Gasteiger partial charge in [-0.1, -0.05) is 18.2 Å². The van der Waals surface area contributed by atoms with E-state index in [1.165, 1.54) is 5.39 Å². The maximum atomic E-state index is 12.1. The van der Waals surface area contributed by atoms with Crippen LogP contribution in [0, 0.1) is 0 Å². The van der Waals surface area contributed by atoms with Crippen LogP contribution in [0.15, 0.2) is 48.7 Å². The number of hydrogen-bond acceptors (Lipinski definition) is 3. The smallest absolute Gasteiger partial charge is 0.409 e. The largest absolute Gasteiger partial charge is 0.415 e. The Hall–Kier alpha value is -2.53. The molecule has 22 heavy (non-hydrogen) atoms. The molecule has 2 aromatic heterocycles. The molecule has 112 valence electrons. The Morgan fingerprint density at radius 3 is 2.77 bits per heavy atom. The highest BCUT2D eigenvalue weighted by molar-refractivity contribution is 5.87. The van der Waals surface area contributed by atoms with E-state index in [9.17, 15) is 4.79 Å². The molecule has 1 aliphatic heterocycles. The van der Waals surface area contributed by atoms with Crippen LogP contribution < -0.4 is 4.74 Å². The first-order chi connectivity index (χ1) is 10.8. The number of rotatable bonds is 1. The second-order valence-electron chi connectivity index (χ2n) is 5.33. The standard InChI is InChI=1S/C17H16N2O3/c20-17(18-7-9-21-10-8-18)22-15-6-5-14-11-13-3-1-2-4-16(13)19(14)12-15/h1-6,11-12H,7-10H2. The van der Waals surface area contributed by atoms with E-state index in [4.69, 9.17) is 9.47 Å². The van der Waals surface area contributed by atoms with Crippen molar-refractivity contribution in [2.24, 2.45) is 0 Å². The first-order valence-electron chi connectivity index (χ1n) is 7.36. The van der Waals surface area contributed by atoms with Gasteiger partial charge in [0, 0.05) is 24.0 Å². The molecular weight excluding hydrogens is 280 g/mol. The lowest BCUT2D eigenvalue weighted by Crippen LogP contribution is -2.42. The summed E-state index contributed by atoms with van der Waals surface area (Å²) in [5.41, 5.74) is 2.18. The van der Waals surface area contributed by atoms with Crippen molar-refractivity contribution in [3.63, 3.8) is 0 Å². The van der Waals surface area contributed by atoms with Gasteiger partial charge in [0.1, 0.15) is 5.75 Å². The summed E-state index contributed by atoms with van der Waals surface area (Å²) in [7, 11) is 0. The maximum absolute atomic E-state index is 12.1. The Bertz CT molecular complexity index is 834. The van der Waals surface area contributed by atoms with Crippen molar-refractivity contribution in [3.8, 4) is 5.75 Å². The first kappa shape index (κ1) is 13.2. The second kappa shape index (κ2) is 5.35. The molecule has 1 saturated heterocycles. The number of pyridine rings is 1. The zero-order valence-corrected chi connectivity index (χ0v) is 12.1. The van der Waals surface area contributed by atoms with Crippen molar-refractivity contribution in [2.75, 3.05) is 26.3 Å². The summed E-state index contributed by atoms with van der Waals surface area (Å²) >= 11 is 0. The fraction of sp³-hybridized carbons (Fsp3) is 0.235.